The highest BCUT2D eigenvalue weighted by Gasteiger charge is 2.01. The summed E-state index contributed by atoms with van der Waals surface area (Å²) >= 11 is 0. The molecule has 0 fully saturated rings. The summed E-state index contributed by atoms with van der Waals surface area (Å²) < 4.78 is 0. The molecule has 0 unspecified atom stereocenters. The van der Waals surface area contributed by atoms with Crippen molar-refractivity contribution in [3.8, 4) is 11.1 Å². The van der Waals surface area contributed by atoms with Crippen molar-refractivity contribution in [2.24, 2.45) is 0 Å². The predicted octanol–water partition coefficient (Wildman–Crippen LogP) is 5.52. The summed E-state index contributed by atoms with van der Waals surface area (Å²) in [5.41, 5.74) is 5.27. The highest BCUT2D eigenvalue weighted by molar-refractivity contribution is 5.64. The van der Waals surface area contributed by atoms with Crippen molar-refractivity contribution in [3.63, 3.8) is 0 Å². The standard InChI is InChI=1S/C19H21N.C2H6/c1-16-12-13-19(17-9-5-3-6-10-17)15-18(16)11-7-4-8-14-20-2;1-2/h3-10,12-15,20H,11H2,1-2H3;1-2H3/b7-4-,14-8-;. The van der Waals surface area contributed by atoms with Gasteiger partial charge in [0, 0.05) is 7.05 Å². The third-order valence-corrected chi connectivity index (χ3v) is 3.30. The van der Waals surface area contributed by atoms with Crippen LogP contribution in [0.15, 0.2) is 73.0 Å². The van der Waals surface area contributed by atoms with E-state index in [4.69, 9.17) is 0 Å². The lowest BCUT2D eigenvalue weighted by atomic mass is 9.98. The molecule has 0 spiro atoms. The fourth-order valence-electron chi connectivity index (χ4n) is 2.13. The first-order chi connectivity index (χ1) is 10.8. The highest BCUT2D eigenvalue weighted by Crippen LogP contribution is 2.22. The number of rotatable bonds is 5. The van der Waals surface area contributed by atoms with E-state index < -0.39 is 0 Å². The van der Waals surface area contributed by atoms with E-state index in [2.05, 4.69) is 72.9 Å². The lowest BCUT2D eigenvalue weighted by Crippen LogP contribution is -1.90. The molecular weight excluding hydrogens is 266 g/mol. The van der Waals surface area contributed by atoms with E-state index in [1.54, 1.807) is 0 Å². The van der Waals surface area contributed by atoms with Gasteiger partial charge in [-0.05, 0) is 47.9 Å². The van der Waals surface area contributed by atoms with Crippen molar-refractivity contribution in [3.05, 3.63) is 84.1 Å². The van der Waals surface area contributed by atoms with E-state index in [-0.39, 0.29) is 0 Å². The van der Waals surface area contributed by atoms with Crippen molar-refractivity contribution in [2.75, 3.05) is 7.05 Å². The second-order valence-electron chi connectivity index (χ2n) is 4.79. The molecule has 2 aromatic carbocycles. The van der Waals surface area contributed by atoms with Crippen molar-refractivity contribution < 1.29 is 0 Å². The van der Waals surface area contributed by atoms with Gasteiger partial charge in [0.25, 0.3) is 0 Å². The van der Waals surface area contributed by atoms with Crippen LogP contribution < -0.4 is 5.32 Å². The van der Waals surface area contributed by atoms with E-state index in [9.17, 15) is 0 Å². The summed E-state index contributed by atoms with van der Waals surface area (Å²) in [6.45, 7) is 6.17. The van der Waals surface area contributed by atoms with Crippen LogP contribution in [-0.2, 0) is 6.42 Å². The molecule has 2 rings (SSSR count). The second-order valence-corrected chi connectivity index (χ2v) is 4.79. The van der Waals surface area contributed by atoms with Crippen LogP contribution in [0.5, 0.6) is 0 Å². The van der Waals surface area contributed by atoms with Crippen molar-refractivity contribution in [2.45, 2.75) is 27.2 Å². The predicted molar refractivity (Wildman–Crippen MR) is 99.0 cm³/mol. The van der Waals surface area contributed by atoms with Crippen LogP contribution in [0, 0.1) is 6.92 Å². The Bertz CT molecular complexity index is 595. The van der Waals surface area contributed by atoms with Crippen molar-refractivity contribution in [1.29, 1.82) is 0 Å². The largest absolute Gasteiger partial charge is 0.394 e. The summed E-state index contributed by atoms with van der Waals surface area (Å²) in [6.07, 6.45) is 9.15. The zero-order valence-electron chi connectivity index (χ0n) is 14.1. The fourth-order valence-corrected chi connectivity index (χ4v) is 2.13. The Kier molecular flexibility index (Phi) is 8.44. The summed E-state index contributed by atoms with van der Waals surface area (Å²) in [5.74, 6) is 0. The van der Waals surface area contributed by atoms with Gasteiger partial charge in [0.15, 0.2) is 0 Å². The van der Waals surface area contributed by atoms with Crippen LogP contribution >= 0.6 is 0 Å². The lowest BCUT2D eigenvalue weighted by molar-refractivity contribution is 1.10. The second kappa shape index (κ2) is 10.4. The average Bonchev–Trinajstić information content (AvgIpc) is 2.59. The summed E-state index contributed by atoms with van der Waals surface area (Å²) in [6, 6.07) is 17.2. The molecule has 0 aliphatic rings. The molecule has 1 N–H and O–H groups in total. The normalized spacial score (nSPS) is 10.5. The van der Waals surface area contributed by atoms with Crippen molar-refractivity contribution in [1.82, 2.24) is 5.32 Å². The van der Waals surface area contributed by atoms with Gasteiger partial charge in [0.1, 0.15) is 0 Å². The summed E-state index contributed by atoms with van der Waals surface area (Å²) in [4.78, 5) is 0. The molecule has 0 saturated heterocycles. The molecule has 0 aliphatic heterocycles. The third kappa shape index (κ3) is 5.61. The SMILES string of the molecule is CC.CN/C=C\C=C/Cc1cc(-c2ccccc2)ccc1C. The van der Waals surface area contributed by atoms with Gasteiger partial charge in [-0.25, -0.2) is 0 Å². The number of allylic oxidation sites excluding steroid dienone is 3. The van der Waals surface area contributed by atoms with Gasteiger partial charge in [-0.2, -0.15) is 0 Å². The lowest BCUT2D eigenvalue weighted by Gasteiger charge is -2.07. The number of benzene rings is 2. The molecule has 0 aromatic heterocycles. The minimum atomic E-state index is 0.959. The molecular formula is C21H27N. The molecule has 0 atom stereocenters. The van der Waals surface area contributed by atoms with Gasteiger partial charge in [0.2, 0.25) is 0 Å². The van der Waals surface area contributed by atoms with Crippen LogP contribution in [-0.4, -0.2) is 7.05 Å². The molecule has 116 valence electrons. The molecule has 0 saturated carbocycles. The van der Waals surface area contributed by atoms with Gasteiger partial charge < -0.3 is 5.32 Å². The summed E-state index contributed by atoms with van der Waals surface area (Å²) in [7, 11) is 1.90. The Morgan fingerprint density at radius 2 is 1.64 bits per heavy atom. The first-order valence-corrected chi connectivity index (χ1v) is 7.95. The van der Waals surface area contributed by atoms with Crippen LogP contribution in [0.4, 0.5) is 0 Å². The average molecular weight is 293 g/mol. The maximum Gasteiger partial charge on any atom is 0.00277 e. The molecule has 2 aromatic rings. The Hall–Kier alpha value is -2.28. The minimum Gasteiger partial charge on any atom is -0.394 e. The number of nitrogens with one attached hydrogen (secondary N) is 1. The smallest absolute Gasteiger partial charge is 0.00277 e. The van der Waals surface area contributed by atoms with Crippen LogP contribution in [0.25, 0.3) is 11.1 Å². The van der Waals surface area contributed by atoms with E-state index in [0.29, 0.717) is 0 Å². The van der Waals surface area contributed by atoms with E-state index in [1.807, 2.05) is 33.2 Å². The number of hydrogen-bond donors (Lipinski definition) is 1. The van der Waals surface area contributed by atoms with E-state index in [1.165, 1.54) is 22.3 Å². The minimum absolute atomic E-state index is 0.959. The molecule has 22 heavy (non-hydrogen) atoms. The maximum absolute atomic E-state index is 2.98. The van der Waals surface area contributed by atoms with Crippen LogP contribution in [0.2, 0.25) is 0 Å². The van der Waals surface area contributed by atoms with E-state index in [0.717, 1.165) is 6.42 Å². The third-order valence-electron chi connectivity index (χ3n) is 3.30. The molecule has 0 heterocycles. The van der Waals surface area contributed by atoms with Gasteiger partial charge >= 0.3 is 0 Å². The Labute approximate surface area is 135 Å². The Morgan fingerprint density at radius 3 is 2.32 bits per heavy atom. The number of hydrogen-bond acceptors (Lipinski definition) is 1. The molecule has 0 radical (unpaired) electrons. The molecule has 0 aliphatic carbocycles. The quantitative estimate of drug-likeness (QED) is 0.716. The van der Waals surface area contributed by atoms with E-state index >= 15 is 0 Å². The Balaban J connectivity index is 0.00000116. The first-order valence-electron chi connectivity index (χ1n) is 7.95. The first kappa shape index (κ1) is 17.8. The molecule has 1 nitrogen and oxygen atoms in total. The fraction of sp³-hybridized carbons (Fsp3) is 0.238. The van der Waals surface area contributed by atoms with Crippen LogP contribution in [0.1, 0.15) is 25.0 Å². The van der Waals surface area contributed by atoms with Crippen molar-refractivity contribution >= 4 is 0 Å². The highest BCUT2D eigenvalue weighted by atomic mass is 14.8. The van der Waals surface area contributed by atoms with Gasteiger partial charge in [-0.3, -0.25) is 0 Å². The monoisotopic (exact) mass is 293 g/mol. The van der Waals surface area contributed by atoms with Gasteiger partial charge in [-0.15, -0.1) is 0 Å². The van der Waals surface area contributed by atoms with Gasteiger partial charge in [0.05, 0.1) is 0 Å². The topological polar surface area (TPSA) is 12.0 Å². The zero-order valence-corrected chi connectivity index (χ0v) is 14.1. The molecule has 1 heteroatoms. The molecule has 0 amide bonds. The van der Waals surface area contributed by atoms with Gasteiger partial charge in [-0.1, -0.05) is 74.5 Å². The summed E-state index contributed by atoms with van der Waals surface area (Å²) in [5, 5.41) is 2.98. The maximum atomic E-state index is 2.98. The molecule has 0 bridgehead atoms. The van der Waals surface area contributed by atoms with Crippen LogP contribution in [0.3, 0.4) is 0 Å². The zero-order chi connectivity index (χ0) is 16.2. The Morgan fingerprint density at radius 1 is 0.909 bits per heavy atom. The number of aryl methyl sites for hydroxylation is 1.